The Morgan fingerprint density at radius 1 is 0.500 bits per heavy atom. The average molecular weight is 791 g/mol. The van der Waals surface area contributed by atoms with Gasteiger partial charge in [0.2, 0.25) is 5.91 Å². The molecule has 0 aromatic rings. The van der Waals surface area contributed by atoms with Crippen molar-refractivity contribution in [2.24, 2.45) is 5.73 Å². The number of ether oxygens (including phenoxy) is 1. The van der Waals surface area contributed by atoms with Crippen LogP contribution in [0.1, 0.15) is 264 Å². The third-order valence-corrected chi connectivity index (χ3v) is 11.3. The Labute approximate surface area is 347 Å². The molecule has 56 heavy (non-hydrogen) atoms. The van der Waals surface area contributed by atoms with E-state index < -0.39 is 12.0 Å². The number of rotatable bonds is 45. The highest BCUT2D eigenvalue weighted by Gasteiger charge is 2.19. The van der Waals surface area contributed by atoms with Crippen LogP contribution in [0.5, 0.6) is 0 Å². The number of unbranched alkanes of at least 4 members (excludes halogenated alkanes) is 29. The second-order valence-corrected chi connectivity index (χ2v) is 16.9. The van der Waals surface area contributed by atoms with Crippen molar-refractivity contribution in [2.45, 2.75) is 276 Å². The van der Waals surface area contributed by atoms with Gasteiger partial charge in [-0.05, 0) is 83.6 Å². The van der Waals surface area contributed by atoms with Crippen molar-refractivity contribution in [1.29, 1.82) is 0 Å². The fourth-order valence-corrected chi connectivity index (χ4v) is 7.62. The summed E-state index contributed by atoms with van der Waals surface area (Å²) in [5.74, 6) is -1.22. The smallest absolute Gasteiger partial charge is 0.326 e. The van der Waals surface area contributed by atoms with Crippen molar-refractivity contribution >= 4 is 17.8 Å². The minimum Gasteiger partial charge on any atom is -0.480 e. The molecule has 2 unspecified atom stereocenters. The molecule has 0 bridgehead atoms. The zero-order chi connectivity index (χ0) is 41.0. The summed E-state index contributed by atoms with van der Waals surface area (Å²) in [4.78, 5) is 36.5. The number of carboxylic acid groups (broad SMARTS) is 1. The largest absolute Gasteiger partial charge is 0.480 e. The molecule has 0 saturated carbocycles. The molecule has 0 heterocycles. The average Bonchev–Trinajstić information content (AvgIpc) is 3.18. The zero-order valence-electron chi connectivity index (χ0n) is 37.3. The van der Waals surface area contributed by atoms with Gasteiger partial charge in [0, 0.05) is 12.8 Å². The van der Waals surface area contributed by atoms with Gasteiger partial charge in [-0.2, -0.15) is 0 Å². The van der Waals surface area contributed by atoms with Crippen molar-refractivity contribution in [3.63, 3.8) is 0 Å². The number of hydrogen-bond donors (Lipinski definition) is 3. The number of aliphatic carboxylic acids is 1. The molecule has 0 spiro atoms. The molecule has 0 aliphatic heterocycles. The van der Waals surface area contributed by atoms with Gasteiger partial charge in [-0.3, -0.25) is 9.59 Å². The molecule has 1 amide bonds. The van der Waals surface area contributed by atoms with Gasteiger partial charge in [-0.25, -0.2) is 4.79 Å². The summed E-state index contributed by atoms with van der Waals surface area (Å²) in [5.41, 5.74) is 5.50. The van der Waals surface area contributed by atoms with Crippen LogP contribution in [0.15, 0.2) is 12.2 Å². The maximum Gasteiger partial charge on any atom is 0.326 e. The third-order valence-electron chi connectivity index (χ3n) is 11.3. The Bertz CT molecular complexity index is 894. The van der Waals surface area contributed by atoms with Crippen molar-refractivity contribution in [2.75, 3.05) is 6.54 Å². The first-order valence-corrected chi connectivity index (χ1v) is 24.5. The number of nitrogens with one attached hydrogen (secondary N) is 1. The number of carboxylic acids is 1. The molecule has 0 aromatic heterocycles. The van der Waals surface area contributed by atoms with Crippen molar-refractivity contribution in [3.05, 3.63) is 12.2 Å². The monoisotopic (exact) mass is 791 g/mol. The van der Waals surface area contributed by atoms with E-state index in [1.54, 1.807) is 0 Å². The van der Waals surface area contributed by atoms with Crippen LogP contribution in [0.4, 0.5) is 0 Å². The number of allylic oxidation sites excluding steroid dienone is 2. The quantitative estimate of drug-likeness (QED) is 0.0321. The molecule has 0 rings (SSSR count). The van der Waals surface area contributed by atoms with Gasteiger partial charge in [0.05, 0.1) is 0 Å². The predicted molar refractivity (Wildman–Crippen MR) is 239 cm³/mol. The van der Waals surface area contributed by atoms with Gasteiger partial charge in [-0.1, -0.05) is 187 Å². The molecule has 0 radical (unpaired) electrons. The third kappa shape index (κ3) is 40.3. The van der Waals surface area contributed by atoms with E-state index in [9.17, 15) is 19.5 Å². The van der Waals surface area contributed by atoms with Crippen LogP contribution in [0.25, 0.3) is 0 Å². The van der Waals surface area contributed by atoms with E-state index in [0.717, 1.165) is 64.2 Å². The van der Waals surface area contributed by atoms with Crippen molar-refractivity contribution in [1.82, 2.24) is 5.32 Å². The molecule has 4 N–H and O–H groups in total. The number of amides is 1. The van der Waals surface area contributed by atoms with Crippen LogP contribution in [0.3, 0.4) is 0 Å². The normalized spacial score (nSPS) is 12.6. The fourth-order valence-electron chi connectivity index (χ4n) is 7.62. The van der Waals surface area contributed by atoms with Gasteiger partial charge in [0.1, 0.15) is 12.1 Å². The van der Waals surface area contributed by atoms with Crippen LogP contribution in [-0.4, -0.2) is 41.6 Å². The molecule has 330 valence electrons. The first-order valence-electron chi connectivity index (χ1n) is 24.5. The number of hydrogen-bond acceptors (Lipinski definition) is 5. The Morgan fingerprint density at radius 2 is 0.875 bits per heavy atom. The van der Waals surface area contributed by atoms with Gasteiger partial charge in [-0.15, -0.1) is 0 Å². The molecule has 0 fully saturated rings. The molecule has 2 atom stereocenters. The highest BCUT2D eigenvalue weighted by molar-refractivity contribution is 5.83. The first-order chi connectivity index (χ1) is 27.4. The van der Waals surface area contributed by atoms with E-state index in [2.05, 4.69) is 31.3 Å². The highest BCUT2D eigenvalue weighted by Crippen LogP contribution is 2.19. The summed E-state index contributed by atoms with van der Waals surface area (Å²) >= 11 is 0. The van der Waals surface area contributed by atoms with Gasteiger partial charge in [0.25, 0.3) is 0 Å². The Morgan fingerprint density at radius 3 is 1.29 bits per heavy atom. The van der Waals surface area contributed by atoms with Crippen molar-refractivity contribution < 1.29 is 24.2 Å². The highest BCUT2D eigenvalue weighted by atomic mass is 16.5. The lowest BCUT2D eigenvalue weighted by molar-refractivity contribution is -0.150. The van der Waals surface area contributed by atoms with Crippen LogP contribution >= 0.6 is 0 Å². The molecule has 0 aliphatic rings. The minimum atomic E-state index is -1.00. The number of carbonyl (C=O) groups is 3. The number of carbonyl (C=O) groups excluding carboxylic acids is 2. The summed E-state index contributed by atoms with van der Waals surface area (Å²) in [5, 5.41) is 12.0. The Hall–Kier alpha value is -1.89. The molecule has 0 saturated heterocycles. The van der Waals surface area contributed by atoms with Crippen LogP contribution < -0.4 is 11.1 Å². The lowest BCUT2D eigenvalue weighted by Crippen LogP contribution is -2.40. The summed E-state index contributed by atoms with van der Waals surface area (Å²) in [6, 6.07) is -0.854. The van der Waals surface area contributed by atoms with E-state index in [1.807, 2.05) is 0 Å². The first kappa shape index (κ1) is 54.1. The van der Waals surface area contributed by atoms with Crippen LogP contribution in [0.2, 0.25) is 0 Å². The molecular formula is C49H94N2O5. The maximum absolute atomic E-state index is 12.9. The maximum atomic E-state index is 12.9. The van der Waals surface area contributed by atoms with Gasteiger partial charge < -0.3 is 20.9 Å². The van der Waals surface area contributed by atoms with Crippen LogP contribution in [0, 0.1) is 0 Å². The van der Waals surface area contributed by atoms with Gasteiger partial charge >= 0.3 is 11.9 Å². The lowest BCUT2D eigenvalue weighted by atomic mass is 10.0. The standard InChI is InChI=1S/C49H94N2O5/c1-3-5-7-9-11-13-15-17-18-19-20-22-24-26-28-33-37-43-48(53)56-45(39-34-30-27-25-23-21-16-14-12-10-8-6-4-2)40-35-31-29-32-36-42-47(52)51-46(49(54)55)41-38-44-50/h17-18,45-46H,3-16,19-44,50H2,1-2H3,(H,51,52)(H,54,55)/b18-17-. The summed E-state index contributed by atoms with van der Waals surface area (Å²) in [6.07, 6.45) is 49.8. The molecular weight excluding hydrogens is 697 g/mol. The second-order valence-electron chi connectivity index (χ2n) is 16.9. The SMILES string of the molecule is CCCCCCCC/C=C\CCCCCCCCCC(=O)OC(CCCCCCCCCCCCCCC)CCCCCCCC(=O)NC(CCCN)C(=O)O. The lowest BCUT2D eigenvalue weighted by Gasteiger charge is -2.18. The zero-order valence-corrected chi connectivity index (χ0v) is 37.3. The number of esters is 1. The van der Waals surface area contributed by atoms with E-state index in [1.165, 1.54) is 161 Å². The second kappa shape index (κ2) is 44.2. The number of nitrogens with two attached hydrogens (primary N) is 1. The van der Waals surface area contributed by atoms with E-state index in [4.69, 9.17) is 10.5 Å². The molecule has 7 nitrogen and oxygen atoms in total. The van der Waals surface area contributed by atoms with E-state index in [0.29, 0.717) is 32.2 Å². The minimum absolute atomic E-state index is 0.0160. The molecule has 0 aliphatic carbocycles. The van der Waals surface area contributed by atoms with Gasteiger partial charge in [0.15, 0.2) is 0 Å². The van der Waals surface area contributed by atoms with Crippen LogP contribution in [-0.2, 0) is 19.1 Å². The Kier molecular flexibility index (Phi) is 42.7. The summed E-state index contributed by atoms with van der Waals surface area (Å²) in [7, 11) is 0. The van der Waals surface area contributed by atoms with Crippen molar-refractivity contribution in [3.8, 4) is 0 Å². The van der Waals surface area contributed by atoms with E-state index >= 15 is 0 Å². The summed E-state index contributed by atoms with van der Waals surface area (Å²) < 4.78 is 6.08. The predicted octanol–water partition coefficient (Wildman–Crippen LogP) is 14.2. The Balaban J connectivity index is 4.27. The molecule has 0 aromatic carbocycles. The van der Waals surface area contributed by atoms with E-state index in [-0.39, 0.29) is 18.0 Å². The molecule has 7 heteroatoms. The fraction of sp³-hybridized carbons (Fsp3) is 0.898. The summed E-state index contributed by atoms with van der Waals surface area (Å²) in [6.45, 7) is 4.97. The topological polar surface area (TPSA) is 119 Å².